The molecule has 3 rings (SSSR count). The fourth-order valence-electron chi connectivity index (χ4n) is 1.64. The summed E-state index contributed by atoms with van der Waals surface area (Å²) in [4.78, 5) is 4.30. The van der Waals surface area contributed by atoms with Gasteiger partial charge in [0.2, 0.25) is 5.82 Å². The zero-order valence-electron chi connectivity index (χ0n) is 9.84. The van der Waals surface area contributed by atoms with Gasteiger partial charge in [0.1, 0.15) is 5.76 Å². The minimum Gasteiger partial charge on any atom is -0.455 e. The summed E-state index contributed by atoms with van der Waals surface area (Å²) in [6.45, 7) is 0.341. The zero-order valence-corrected chi connectivity index (χ0v) is 11.4. The Morgan fingerprint density at radius 1 is 1.11 bits per heavy atom. The number of hydrogen-bond acceptors (Lipinski definition) is 5. The second-order valence-electron chi connectivity index (χ2n) is 3.90. The Kier molecular flexibility index (Phi) is 3.18. The third-order valence-corrected chi connectivity index (χ3v) is 3.13. The molecule has 0 fully saturated rings. The Labute approximate surface area is 117 Å². The number of nitrogens with two attached hydrogens (primary N) is 1. The van der Waals surface area contributed by atoms with Gasteiger partial charge in [-0.15, -0.1) is 0 Å². The molecule has 1 aromatic carbocycles. The van der Waals surface area contributed by atoms with Crippen molar-refractivity contribution in [2.75, 3.05) is 0 Å². The van der Waals surface area contributed by atoms with Gasteiger partial charge < -0.3 is 14.7 Å². The SMILES string of the molecule is NCc1ccc(-c2nc(-c3ccc(Br)cc3)no2)o1. The molecule has 0 saturated heterocycles. The molecular formula is C13H10BrN3O2. The minimum atomic E-state index is 0.341. The van der Waals surface area contributed by atoms with Crippen LogP contribution in [0.25, 0.3) is 23.0 Å². The van der Waals surface area contributed by atoms with Crippen molar-refractivity contribution in [1.82, 2.24) is 10.1 Å². The van der Waals surface area contributed by atoms with Gasteiger partial charge >= 0.3 is 0 Å². The number of benzene rings is 1. The lowest BCUT2D eigenvalue weighted by molar-refractivity contribution is 0.412. The number of aromatic nitrogens is 2. The normalized spacial score (nSPS) is 10.8. The molecular weight excluding hydrogens is 310 g/mol. The quantitative estimate of drug-likeness (QED) is 0.801. The van der Waals surface area contributed by atoms with Crippen LogP contribution in [0.15, 0.2) is 49.8 Å². The second kappa shape index (κ2) is 4.99. The molecule has 0 amide bonds. The molecule has 0 aliphatic carbocycles. The number of furan rings is 1. The molecule has 0 aliphatic heterocycles. The van der Waals surface area contributed by atoms with E-state index < -0.39 is 0 Å². The standard InChI is InChI=1S/C13H10BrN3O2/c14-9-3-1-8(2-4-9)12-16-13(19-17-12)11-6-5-10(7-15)18-11/h1-6H,7,15H2. The lowest BCUT2D eigenvalue weighted by atomic mass is 10.2. The Morgan fingerprint density at radius 2 is 1.89 bits per heavy atom. The highest BCUT2D eigenvalue weighted by molar-refractivity contribution is 9.10. The van der Waals surface area contributed by atoms with Crippen molar-refractivity contribution in [2.24, 2.45) is 5.73 Å². The smallest absolute Gasteiger partial charge is 0.293 e. The van der Waals surface area contributed by atoms with Crippen molar-refractivity contribution in [2.45, 2.75) is 6.54 Å². The summed E-state index contributed by atoms with van der Waals surface area (Å²) >= 11 is 3.38. The lowest BCUT2D eigenvalue weighted by Gasteiger charge is -1.93. The summed E-state index contributed by atoms with van der Waals surface area (Å²) in [6, 6.07) is 11.2. The van der Waals surface area contributed by atoms with Crippen LogP contribution in [0.4, 0.5) is 0 Å². The predicted octanol–water partition coefficient (Wildman–Crippen LogP) is 3.22. The van der Waals surface area contributed by atoms with Crippen LogP contribution in [0.3, 0.4) is 0 Å². The van der Waals surface area contributed by atoms with E-state index in [4.69, 9.17) is 14.7 Å². The molecule has 0 spiro atoms. The third-order valence-electron chi connectivity index (χ3n) is 2.60. The van der Waals surface area contributed by atoms with Crippen LogP contribution in [0.2, 0.25) is 0 Å². The molecule has 0 atom stereocenters. The van der Waals surface area contributed by atoms with Crippen molar-refractivity contribution >= 4 is 15.9 Å². The van der Waals surface area contributed by atoms with Crippen LogP contribution in [0.5, 0.6) is 0 Å². The van der Waals surface area contributed by atoms with Gasteiger partial charge in [-0.05, 0) is 36.4 Å². The topological polar surface area (TPSA) is 78.1 Å². The molecule has 2 heterocycles. The highest BCUT2D eigenvalue weighted by Gasteiger charge is 2.13. The first-order valence-corrected chi connectivity index (χ1v) is 6.44. The summed E-state index contributed by atoms with van der Waals surface area (Å²) in [6.07, 6.45) is 0. The van der Waals surface area contributed by atoms with E-state index in [1.165, 1.54) is 0 Å². The highest BCUT2D eigenvalue weighted by atomic mass is 79.9. The monoisotopic (exact) mass is 319 g/mol. The van der Waals surface area contributed by atoms with Gasteiger partial charge in [-0.2, -0.15) is 4.98 Å². The first-order valence-electron chi connectivity index (χ1n) is 5.65. The molecule has 0 bridgehead atoms. The van der Waals surface area contributed by atoms with Gasteiger partial charge in [-0.25, -0.2) is 0 Å². The van der Waals surface area contributed by atoms with Gasteiger partial charge in [-0.1, -0.05) is 21.1 Å². The van der Waals surface area contributed by atoms with E-state index in [2.05, 4.69) is 26.1 Å². The van der Waals surface area contributed by atoms with E-state index in [1.807, 2.05) is 24.3 Å². The molecule has 2 aromatic heterocycles. The molecule has 0 radical (unpaired) electrons. The average Bonchev–Trinajstić information content (AvgIpc) is 3.08. The van der Waals surface area contributed by atoms with Crippen LogP contribution in [0, 0.1) is 0 Å². The van der Waals surface area contributed by atoms with Crippen LogP contribution < -0.4 is 5.73 Å². The number of nitrogens with zero attached hydrogens (tertiary/aromatic N) is 2. The molecule has 0 aliphatic rings. The van der Waals surface area contributed by atoms with Crippen LogP contribution >= 0.6 is 15.9 Å². The first-order chi connectivity index (χ1) is 9.26. The Morgan fingerprint density at radius 3 is 2.58 bits per heavy atom. The Balaban J connectivity index is 1.92. The number of hydrogen-bond donors (Lipinski definition) is 1. The van der Waals surface area contributed by atoms with Crippen LogP contribution in [0.1, 0.15) is 5.76 Å². The minimum absolute atomic E-state index is 0.341. The van der Waals surface area contributed by atoms with E-state index >= 15 is 0 Å². The summed E-state index contributed by atoms with van der Waals surface area (Å²) in [7, 11) is 0. The molecule has 0 unspecified atom stereocenters. The van der Waals surface area contributed by atoms with Gasteiger partial charge in [0.05, 0.1) is 6.54 Å². The summed E-state index contributed by atoms with van der Waals surface area (Å²) in [5, 5.41) is 3.93. The van der Waals surface area contributed by atoms with Gasteiger partial charge in [0.25, 0.3) is 5.89 Å². The molecule has 5 nitrogen and oxygen atoms in total. The van der Waals surface area contributed by atoms with Crippen molar-refractivity contribution in [3.8, 4) is 23.0 Å². The van der Waals surface area contributed by atoms with Crippen molar-refractivity contribution in [1.29, 1.82) is 0 Å². The zero-order chi connectivity index (χ0) is 13.2. The van der Waals surface area contributed by atoms with E-state index in [9.17, 15) is 0 Å². The van der Waals surface area contributed by atoms with E-state index in [0.29, 0.717) is 29.8 Å². The molecule has 2 N–H and O–H groups in total. The lowest BCUT2D eigenvalue weighted by Crippen LogP contribution is -1.92. The third kappa shape index (κ3) is 2.45. The van der Waals surface area contributed by atoms with Gasteiger partial charge in [-0.3, -0.25) is 0 Å². The summed E-state index contributed by atoms with van der Waals surface area (Å²) < 4.78 is 11.6. The van der Waals surface area contributed by atoms with Crippen molar-refractivity contribution in [3.63, 3.8) is 0 Å². The number of halogens is 1. The van der Waals surface area contributed by atoms with Gasteiger partial charge in [0, 0.05) is 10.0 Å². The summed E-state index contributed by atoms with van der Waals surface area (Å²) in [5.41, 5.74) is 6.37. The van der Waals surface area contributed by atoms with E-state index in [0.717, 1.165) is 10.0 Å². The largest absolute Gasteiger partial charge is 0.455 e. The van der Waals surface area contributed by atoms with Crippen molar-refractivity contribution in [3.05, 3.63) is 46.6 Å². The van der Waals surface area contributed by atoms with Crippen LogP contribution in [-0.4, -0.2) is 10.1 Å². The maximum absolute atomic E-state index is 5.49. The second-order valence-corrected chi connectivity index (χ2v) is 4.82. The van der Waals surface area contributed by atoms with Gasteiger partial charge in [0.15, 0.2) is 5.76 Å². The molecule has 3 aromatic rings. The maximum Gasteiger partial charge on any atom is 0.293 e. The highest BCUT2D eigenvalue weighted by Crippen LogP contribution is 2.24. The fourth-order valence-corrected chi connectivity index (χ4v) is 1.91. The van der Waals surface area contributed by atoms with E-state index in [-0.39, 0.29) is 0 Å². The summed E-state index contributed by atoms with van der Waals surface area (Å²) in [5.74, 6) is 2.07. The molecule has 96 valence electrons. The maximum atomic E-state index is 5.49. The molecule has 19 heavy (non-hydrogen) atoms. The average molecular weight is 320 g/mol. The Hall–Kier alpha value is -1.92. The predicted molar refractivity (Wildman–Crippen MR) is 73.0 cm³/mol. The Bertz CT molecular complexity index is 688. The number of rotatable bonds is 3. The van der Waals surface area contributed by atoms with Crippen LogP contribution in [-0.2, 0) is 6.54 Å². The fraction of sp³-hybridized carbons (Fsp3) is 0.0769. The molecule has 6 heteroatoms. The first kappa shape index (κ1) is 12.1. The van der Waals surface area contributed by atoms with Crippen molar-refractivity contribution < 1.29 is 8.94 Å². The van der Waals surface area contributed by atoms with E-state index in [1.54, 1.807) is 12.1 Å². The molecule has 0 saturated carbocycles.